The van der Waals surface area contributed by atoms with E-state index < -0.39 is 0 Å². The number of aryl methyl sites for hydroxylation is 2. The fraction of sp³-hybridized carbons (Fsp3) is 0.333. The highest BCUT2D eigenvalue weighted by molar-refractivity contribution is 9.10. The molecule has 0 atom stereocenters. The van der Waals surface area contributed by atoms with Crippen LogP contribution in [0.5, 0.6) is 0 Å². The van der Waals surface area contributed by atoms with Crippen LogP contribution in [0.4, 0.5) is 5.69 Å². The molecule has 1 aromatic carbocycles. The Morgan fingerprint density at radius 2 is 1.92 bits per heavy atom. The lowest BCUT2D eigenvalue weighted by Crippen LogP contribution is -2.14. The van der Waals surface area contributed by atoms with Gasteiger partial charge >= 0.3 is 0 Å². The lowest BCUT2D eigenvalue weighted by molar-refractivity contribution is -0.385. The maximum atomic E-state index is 12.9. The number of ketones is 1. The number of rotatable bonds is 2. The van der Waals surface area contributed by atoms with Crippen molar-refractivity contribution in [2.45, 2.75) is 38.0 Å². The molecule has 1 saturated carbocycles. The number of aromatic nitrogens is 1. The van der Waals surface area contributed by atoms with Crippen LogP contribution in [-0.2, 0) is 12.8 Å². The number of halogens is 1. The van der Waals surface area contributed by atoms with Gasteiger partial charge in [-0.15, -0.1) is 0 Å². The second kappa shape index (κ2) is 5.77. The van der Waals surface area contributed by atoms with Crippen molar-refractivity contribution in [1.29, 1.82) is 0 Å². The lowest BCUT2D eigenvalue weighted by atomic mass is 9.78. The molecule has 6 heteroatoms. The van der Waals surface area contributed by atoms with E-state index in [2.05, 4.69) is 20.9 Å². The molecule has 0 aliphatic heterocycles. The van der Waals surface area contributed by atoms with Gasteiger partial charge in [-0.2, -0.15) is 0 Å². The minimum Gasteiger partial charge on any atom is -0.287 e. The number of pyridine rings is 1. The average Bonchev–Trinajstić information content (AvgIpc) is 2.62. The highest BCUT2D eigenvalue weighted by atomic mass is 79.9. The number of carbonyl (C=O) groups excluding carboxylic acids is 1. The van der Waals surface area contributed by atoms with Crippen LogP contribution in [-0.4, -0.2) is 15.7 Å². The van der Waals surface area contributed by atoms with E-state index in [0.29, 0.717) is 24.1 Å². The Balaban J connectivity index is 1.87. The topological polar surface area (TPSA) is 73.1 Å². The molecule has 24 heavy (non-hydrogen) atoms. The first-order valence-corrected chi connectivity index (χ1v) is 8.84. The zero-order valence-corrected chi connectivity index (χ0v) is 14.5. The summed E-state index contributed by atoms with van der Waals surface area (Å²) >= 11 is 3.39. The van der Waals surface area contributed by atoms with Crippen LogP contribution in [0.1, 0.15) is 57.9 Å². The van der Waals surface area contributed by atoms with Crippen LogP contribution >= 0.6 is 15.9 Å². The summed E-state index contributed by atoms with van der Waals surface area (Å²) in [6.45, 7) is 0. The Morgan fingerprint density at radius 1 is 1.17 bits per heavy atom. The Hall–Kier alpha value is -2.08. The second-order valence-electron chi connectivity index (χ2n) is 6.44. The third kappa shape index (κ3) is 2.45. The molecule has 2 aromatic rings. The molecule has 4 rings (SSSR count). The lowest BCUT2D eigenvalue weighted by Gasteiger charge is -2.26. The van der Waals surface area contributed by atoms with E-state index >= 15 is 0 Å². The Bertz CT molecular complexity index is 875. The fourth-order valence-electron chi connectivity index (χ4n) is 3.55. The van der Waals surface area contributed by atoms with E-state index in [1.54, 1.807) is 6.20 Å². The molecule has 1 heterocycles. The summed E-state index contributed by atoms with van der Waals surface area (Å²) in [7, 11) is 0. The van der Waals surface area contributed by atoms with Gasteiger partial charge in [0.15, 0.2) is 0 Å². The minimum atomic E-state index is -0.359. The Morgan fingerprint density at radius 3 is 2.58 bits per heavy atom. The van der Waals surface area contributed by atoms with Gasteiger partial charge in [-0.05, 0) is 70.8 Å². The van der Waals surface area contributed by atoms with E-state index in [4.69, 9.17) is 0 Å². The summed E-state index contributed by atoms with van der Waals surface area (Å²) in [5.41, 5.74) is 3.49. The summed E-state index contributed by atoms with van der Waals surface area (Å²) in [6.07, 6.45) is 6.09. The summed E-state index contributed by atoms with van der Waals surface area (Å²) in [4.78, 5) is 28.3. The van der Waals surface area contributed by atoms with Gasteiger partial charge in [0.1, 0.15) is 5.69 Å². The standard InChI is InChI=1S/C18H15BrN2O3/c19-13-6-12-5-4-11-7-14(10-2-1-3-10)16(21(23)24)8-15(11)18(22)17(12)20-9-13/h6-10H,1-5H2. The van der Waals surface area contributed by atoms with E-state index in [0.717, 1.165) is 40.4 Å². The van der Waals surface area contributed by atoms with Crippen molar-refractivity contribution in [1.82, 2.24) is 4.98 Å². The highest BCUT2D eigenvalue weighted by Crippen LogP contribution is 2.42. The number of fused-ring (bicyclic) bond motifs is 2. The normalized spacial score (nSPS) is 16.8. The van der Waals surface area contributed by atoms with Crippen LogP contribution in [0.2, 0.25) is 0 Å². The predicted molar refractivity (Wildman–Crippen MR) is 92.5 cm³/mol. The molecular weight excluding hydrogens is 372 g/mol. The maximum absolute atomic E-state index is 12.9. The first-order chi connectivity index (χ1) is 11.5. The number of nitro benzene ring substituents is 1. The molecule has 0 unspecified atom stereocenters. The molecule has 1 aromatic heterocycles. The summed E-state index contributed by atoms with van der Waals surface area (Å²) in [5, 5.41) is 11.5. The summed E-state index contributed by atoms with van der Waals surface area (Å²) in [6, 6.07) is 5.29. The monoisotopic (exact) mass is 386 g/mol. The van der Waals surface area contributed by atoms with Crippen molar-refractivity contribution >= 4 is 27.4 Å². The number of benzene rings is 1. The largest absolute Gasteiger partial charge is 0.287 e. The number of nitrogens with zero attached hydrogens (tertiary/aromatic N) is 2. The molecule has 0 N–H and O–H groups in total. The number of carbonyl (C=O) groups is 1. The zero-order chi connectivity index (χ0) is 16.8. The van der Waals surface area contributed by atoms with Crippen LogP contribution in [0.25, 0.3) is 0 Å². The SMILES string of the molecule is O=C1c2cc([N+](=O)[O-])c(C3CCC3)cc2CCc2cc(Br)cnc21. The summed E-state index contributed by atoms with van der Waals surface area (Å²) < 4.78 is 0.834. The molecule has 0 saturated heterocycles. The minimum absolute atomic E-state index is 0.0763. The van der Waals surface area contributed by atoms with Crippen LogP contribution < -0.4 is 0 Å². The molecule has 0 amide bonds. The van der Waals surface area contributed by atoms with Crippen molar-refractivity contribution in [3.8, 4) is 0 Å². The van der Waals surface area contributed by atoms with Gasteiger partial charge in [0.2, 0.25) is 5.78 Å². The smallest absolute Gasteiger partial charge is 0.273 e. The molecule has 122 valence electrons. The van der Waals surface area contributed by atoms with E-state index in [9.17, 15) is 14.9 Å². The van der Waals surface area contributed by atoms with Gasteiger partial charge in [0.25, 0.3) is 5.69 Å². The van der Waals surface area contributed by atoms with Crippen molar-refractivity contribution in [3.63, 3.8) is 0 Å². The number of hydrogen-bond donors (Lipinski definition) is 0. The molecule has 1 fully saturated rings. The molecule has 0 bridgehead atoms. The average molecular weight is 387 g/mol. The first kappa shape index (κ1) is 15.4. The zero-order valence-electron chi connectivity index (χ0n) is 12.9. The third-order valence-corrected chi connectivity index (χ3v) is 5.48. The van der Waals surface area contributed by atoms with Crippen molar-refractivity contribution in [3.05, 3.63) is 66.9 Å². The molecule has 0 radical (unpaired) electrons. The molecular formula is C18H15BrN2O3. The Labute approximate surface area is 147 Å². The molecule has 2 aliphatic rings. The van der Waals surface area contributed by atoms with Crippen molar-refractivity contribution < 1.29 is 9.72 Å². The van der Waals surface area contributed by atoms with Gasteiger partial charge < -0.3 is 0 Å². The quantitative estimate of drug-likeness (QED) is 0.567. The van der Waals surface area contributed by atoms with Crippen LogP contribution in [0.15, 0.2) is 28.9 Å². The predicted octanol–water partition coefficient (Wildman–Crippen LogP) is 4.35. The maximum Gasteiger partial charge on any atom is 0.273 e. The van der Waals surface area contributed by atoms with Gasteiger partial charge in [-0.25, -0.2) is 0 Å². The van der Waals surface area contributed by atoms with Crippen LogP contribution in [0, 0.1) is 10.1 Å². The Kier molecular flexibility index (Phi) is 3.72. The number of nitro groups is 1. The number of hydrogen-bond acceptors (Lipinski definition) is 4. The van der Waals surface area contributed by atoms with Gasteiger partial charge in [0, 0.05) is 27.9 Å². The highest BCUT2D eigenvalue weighted by Gasteiger charge is 2.31. The molecule has 5 nitrogen and oxygen atoms in total. The van der Waals surface area contributed by atoms with Gasteiger partial charge in [-0.1, -0.05) is 6.42 Å². The van der Waals surface area contributed by atoms with Crippen molar-refractivity contribution in [2.24, 2.45) is 0 Å². The molecule has 2 aliphatic carbocycles. The van der Waals surface area contributed by atoms with E-state index in [1.165, 1.54) is 6.07 Å². The summed E-state index contributed by atoms with van der Waals surface area (Å²) in [5.74, 6) is 0.0389. The molecule has 0 spiro atoms. The second-order valence-corrected chi connectivity index (χ2v) is 7.36. The van der Waals surface area contributed by atoms with Gasteiger partial charge in [-0.3, -0.25) is 19.9 Å². The first-order valence-electron chi connectivity index (χ1n) is 8.05. The van der Waals surface area contributed by atoms with Crippen molar-refractivity contribution in [2.75, 3.05) is 0 Å². The fourth-order valence-corrected chi connectivity index (χ4v) is 3.93. The van der Waals surface area contributed by atoms with E-state index in [1.807, 2.05) is 12.1 Å². The third-order valence-electron chi connectivity index (χ3n) is 5.05. The van der Waals surface area contributed by atoms with Gasteiger partial charge in [0.05, 0.1) is 4.92 Å². The van der Waals surface area contributed by atoms with Crippen LogP contribution in [0.3, 0.4) is 0 Å². The van der Waals surface area contributed by atoms with E-state index in [-0.39, 0.29) is 22.3 Å².